The van der Waals surface area contributed by atoms with Gasteiger partial charge in [0.05, 0.1) is 0 Å². The van der Waals surface area contributed by atoms with Crippen molar-refractivity contribution in [3.63, 3.8) is 0 Å². The van der Waals surface area contributed by atoms with Crippen LogP contribution in [0.4, 0.5) is 17.1 Å². The summed E-state index contributed by atoms with van der Waals surface area (Å²) in [4.78, 5) is 5.93. The van der Waals surface area contributed by atoms with Crippen molar-refractivity contribution in [2.24, 2.45) is 17.2 Å². The summed E-state index contributed by atoms with van der Waals surface area (Å²) in [5.74, 6) is 0. The van der Waals surface area contributed by atoms with Crippen LogP contribution in [0.15, 0.2) is 91.0 Å². The first-order valence-corrected chi connectivity index (χ1v) is 8.95. The quantitative estimate of drug-likeness (QED) is 0.664. The van der Waals surface area contributed by atoms with Crippen molar-refractivity contribution in [2.75, 3.05) is 14.7 Å². The van der Waals surface area contributed by atoms with E-state index in [0.29, 0.717) is 0 Å². The van der Waals surface area contributed by atoms with Gasteiger partial charge in [-0.25, -0.2) is 0 Å². The zero-order chi connectivity index (χ0) is 18.8. The number of nitrogens with two attached hydrogens (primary N) is 3. The van der Waals surface area contributed by atoms with Gasteiger partial charge in [-0.15, -0.1) is 0 Å². The monoisotopic (exact) mass is 360 g/mol. The summed E-state index contributed by atoms with van der Waals surface area (Å²) in [6, 6.07) is 29.8. The summed E-state index contributed by atoms with van der Waals surface area (Å²) in [5.41, 5.74) is 22.8. The van der Waals surface area contributed by atoms with Crippen molar-refractivity contribution < 1.29 is 0 Å². The molecule has 1 aliphatic heterocycles. The maximum absolute atomic E-state index is 6.67. The molecule has 3 aromatic rings. The molecular formula is C21H24N6. The summed E-state index contributed by atoms with van der Waals surface area (Å²) >= 11 is 0. The summed E-state index contributed by atoms with van der Waals surface area (Å²) in [5, 5.41) is 0. The van der Waals surface area contributed by atoms with Crippen molar-refractivity contribution >= 4 is 17.1 Å². The fraction of sp³-hybridized carbons (Fsp3) is 0.143. The van der Waals surface area contributed by atoms with E-state index in [-0.39, 0.29) is 0 Å². The van der Waals surface area contributed by atoms with Crippen LogP contribution in [-0.2, 0) is 0 Å². The smallest absolute Gasteiger partial charge is 0.160 e. The van der Waals surface area contributed by atoms with Gasteiger partial charge in [-0.05, 0) is 36.4 Å². The highest BCUT2D eigenvalue weighted by molar-refractivity contribution is 5.62. The van der Waals surface area contributed by atoms with Crippen molar-refractivity contribution in [2.45, 2.75) is 18.9 Å². The fourth-order valence-corrected chi connectivity index (χ4v) is 3.59. The molecular weight excluding hydrogens is 336 g/mol. The summed E-state index contributed by atoms with van der Waals surface area (Å²) in [6.45, 7) is 0. The lowest BCUT2D eigenvalue weighted by Crippen LogP contribution is -2.79. The third kappa shape index (κ3) is 3.10. The lowest BCUT2D eigenvalue weighted by molar-refractivity contribution is 0.354. The highest BCUT2D eigenvalue weighted by atomic mass is 15.6. The first-order valence-electron chi connectivity index (χ1n) is 8.95. The predicted molar refractivity (Wildman–Crippen MR) is 111 cm³/mol. The lowest BCUT2D eigenvalue weighted by atomic mass is 10.2. The Morgan fingerprint density at radius 2 is 0.630 bits per heavy atom. The van der Waals surface area contributed by atoms with Gasteiger partial charge in [-0.1, -0.05) is 54.6 Å². The molecule has 0 unspecified atom stereocenters. The molecule has 3 aromatic carbocycles. The van der Waals surface area contributed by atoms with Gasteiger partial charge in [0, 0.05) is 17.1 Å². The van der Waals surface area contributed by atoms with Crippen LogP contribution >= 0.6 is 0 Å². The molecule has 6 nitrogen and oxygen atoms in total. The van der Waals surface area contributed by atoms with Crippen molar-refractivity contribution in [3.05, 3.63) is 91.0 Å². The van der Waals surface area contributed by atoms with Gasteiger partial charge in [-0.3, -0.25) is 17.2 Å². The van der Waals surface area contributed by atoms with Gasteiger partial charge in [-0.2, -0.15) is 0 Å². The van der Waals surface area contributed by atoms with Gasteiger partial charge in [0.1, 0.15) is 0 Å². The van der Waals surface area contributed by atoms with E-state index < -0.39 is 18.9 Å². The molecule has 0 aliphatic carbocycles. The molecule has 1 aliphatic rings. The van der Waals surface area contributed by atoms with E-state index in [4.69, 9.17) is 17.2 Å². The lowest BCUT2D eigenvalue weighted by Gasteiger charge is -2.56. The Labute approximate surface area is 159 Å². The van der Waals surface area contributed by atoms with Gasteiger partial charge in [0.2, 0.25) is 0 Å². The number of para-hydroxylation sites is 3. The predicted octanol–water partition coefficient (Wildman–Crippen LogP) is 2.25. The maximum atomic E-state index is 6.67. The van der Waals surface area contributed by atoms with Crippen LogP contribution in [0.2, 0.25) is 0 Å². The molecule has 0 amide bonds. The Kier molecular flexibility index (Phi) is 4.68. The molecule has 1 fully saturated rings. The average Bonchev–Trinajstić information content (AvgIpc) is 2.70. The molecule has 1 heterocycles. The molecule has 4 rings (SSSR count). The van der Waals surface area contributed by atoms with E-state index in [1.165, 1.54) is 0 Å². The van der Waals surface area contributed by atoms with E-state index in [0.717, 1.165) is 17.1 Å². The SMILES string of the molecule is NC1N(c2ccccc2)C(N)N(c2ccccc2)C(N)N1c1ccccc1. The second-order valence-corrected chi connectivity index (χ2v) is 6.47. The van der Waals surface area contributed by atoms with E-state index in [2.05, 4.69) is 0 Å². The number of nitrogens with zero attached hydrogens (tertiary/aromatic N) is 3. The summed E-state index contributed by atoms with van der Waals surface area (Å²) in [6.07, 6.45) is -1.54. The van der Waals surface area contributed by atoms with Crippen molar-refractivity contribution in [1.29, 1.82) is 0 Å². The topological polar surface area (TPSA) is 87.8 Å². The third-order valence-electron chi connectivity index (χ3n) is 4.87. The van der Waals surface area contributed by atoms with Crippen LogP contribution < -0.4 is 31.9 Å². The number of benzene rings is 3. The van der Waals surface area contributed by atoms with Gasteiger partial charge < -0.3 is 14.7 Å². The molecule has 27 heavy (non-hydrogen) atoms. The molecule has 0 bridgehead atoms. The first kappa shape index (κ1) is 17.4. The van der Waals surface area contributed by atoms with Crippen LogP contribution in [0.25, 0.3) is 0 Å². The molecule has 0 saturated carbocycles. The minimum absolute atomic E-state index is 0.514. The van der Waals surface area contributed by atoms with Gasteiger partial charge >= 0.3 is 0 Å². The minimum Gasteiger partial charge on any atom is -0.305 e. The molecule has 6 heteroatoms. The Morgan fingerprint density at radius 1 is 0.407 bits per heavy atom. The van der Waals surface area contributed by atoms with Crippen molar-refractivity contribution in [3.8, 4) is 0 Å². The van der Waals surface area contributed by atoms with E-state index >= 15 is 0 Å². The van der Waals surface area contributed by atoms with E-state index in [1.807, 2.05) is 106 Å². The Balaban J connectivity index is 1.83. The summed E-state index contributed by atoms with van der Waals surface area (Å²) in [7, 11) is 0. The van der Waals surface area contributed by atoms with Crippen LogP contribution in [0.5, 0.6) is 0 Å². The normalized spacial score (nSPS) is 22.8. The first-order chi connectivity index (χ1) is 13.2. The highest BCUT2D eigenvalue weighted by Gasteiger charge is 2.42. The van der Waals surface area contributed by atoms with Crippen LogP contribution in [0, 0.1) is 0 Å². The Morgan fingerprint density at radius 3 is 0.852 bits per heavy atom. The second-order valence-electron chi connectivity index (χ2n) is 6.47. The largest absolute Gasteiger partial charge is 0.305 e. The van der Waals surface area contributed by atoms with Crippen LogP contribution in [0.3, 0.4) is 0 Å². The fourth-order valence-electron chi connectivity index (χ4n) is 3.59. The third-order valence-corrected chi connectivity index (χ3v) is 4.87. The second kappa shape index (κ2) is 7.28. The molecule has 1 saturated heterocycles. The van der Waals surface area contributed by atoms with Crippen LogP contribution in [-0.4, -0.2) is 18.9 Å². The number of anilines is 3. The zero-order valence-corrected chi connectivity index (χ0v) is 15.0. The molecule has 0 aromatic heterocycles. The zero-order valence-electron chi connectivity index (χ0n) is 15.0. The highest BCUT2D eigenvalue weighted by Crippen LogP contribution is 2.32. The number of rotatable bonds is 3. The minimum atomic E-state index is -0.514. The Bertz CT molecular complexity index is 728. The van der Waals surface area contributed by atoms with Gasteiger partial charge in [0.25, 0.3) is 0 Å². The summed E-state index contributed by atoms with van der Waals surface area (Å²) < 4.78 is 0. The molecule has 0 spiro atoms. The van der Waals surface area contributed by atoms with Crippen LogP contribution in [0.1, 0.15) is 0 Å². The number of hydrogen-bond donors (Lipinski definition) is 3. The maximum Gasteiger partial charge on any atom is 0.160 e. The molecule has 138 valence electrons. The average molecular weight is 360 g/mol. The molecule has 0 radical (unpaired) electrons. The van der Waals surface area contributed by atoms with E-state index in [1.54, 1.807) is 0 Å². The standard InChI is InChI=1S/C21H24N6/c22-19-25(16-10-4-1-5-11-16)20(23)27(18-14-8-3-9-15-18)21(24)26(19)17-12-6-2-7-13-17/h1-15,19-21H,22-24H2. The molecule has 6 N–H and O–H groups in total. The molecule has 0 atom stereocenters. The van der Waals surface area contributed by atoms with Gasteiger partial charge in [0.15, 0.2) is 18.9 Å². The van der Waals surface area contributed by atoms with E-state index in [9.17, 15) is 0 Å². The Hall–Kier alpha value is -3.06. The van der Waals surface area contributed by atoms with Crippen molar-refractivity contribution in [1.82, 2.24) is 0 Å². The number of hydrogen-bond acceptors (Lipinski definition) is 6.